The molecular weight excluding hydrogens is 356 g/mol. The van der Waals surface area contributed by atoms with Crippen molar-refractivity contribution in [3.05, 3.63) is 51.4 Å². The molecule has 0 fully saturated rings. The van der Waals surface area contributed by atoms with Gasteiger partial charge in [0.25, 0.3) is 5.95 Å². The summed E-state index contributed by atoms with van der Waals surface area (Å²) < 4.78 is 6.90. The third-order valence-electron chi connectivity index (χ3n) is 4.93. The summed E-state index contributed by atoms with van der Waals surface area (Å²) >= 11 is 0. The summed E-state index contributed by atoms with van der Waals surface area (Å²) in [6.07, 6.45) is 0.266. The van der Waals surface area contributed by atoms with Crippen LogP contribution in [0.25, 0.3) is 5.95 Å². The SMILES string of the molecule is Cc1cc(C)nc(-n2nc(C)c(CC(=O)N(C)Cc3c(C)noc3C)c2C)n1. The summed E-state index contributed by atoms with van der Waals surface area (Å²) in [5.74, 6) is 1.28. The number of hydrogen-bond donors (Lipinski definition) is 0. The van der Waals surface area contributed by atoms with E-state index in [0.717, 1.165) is 45.4 Å². The highest BCUT2D eigenvalue weighted by molar-refractivity contribution is 5.79. The van der Waals surface area contributed by atoms with Crippen molar-refractivity contribution < 1.29 is 9.32 Å². The van der Waals surface area contributed by atoms with Crippen molar-refractivity contribution in [2.75, 3.05) is 7.05 Å². The van der Waals surface area contributed by atoms with Crippen LogP contribution in [0.3, 0.4) is 0 Å². The Bertz CT molecular complexity index is 994. The average Bonchev–Trinajstić information content (AvgIpc) is 3.08. The van der Waals surface area contributed by atoms with Crippen LogP contribution in [0.4, 0.5) is 0 Å². The number of aromatic nitrogens is 5. The molecule has 3 rings (SSSR count). The molecule has 0 aliphatic carbocycles. The fourth-order valence-corrected chi connectivity index (χ4v) is 3.27. The Balaban J connectivity index is 1.82. The van der Waals surface area contributed by atoms with Crippen LogP contribution in [0, 0.1) is 41.5 Å². The van der Waals surface area contributed by atoms with Crippen molar-refractivity contribution in [1.29, 1.82) is 0 Å². The van der Waals surface area contributed by atoms with Gasteiger partial charge in [-0.05, 0) is 47.6 Å². The van der Waals surface area contributed by atoms with E-state index in [1.807, 2.05) is 47.6 Å². The lowest BCUT2D eigenvalue weighted by atomic mass is 10.1. The summed E-state index contributed by atoms with van der Waals surface area (Å²) in [5.41, 5.74) is 6.10. The highest BCUT2D eigenvalue weighted by atomic mass is 16.5. The molecule has 8 heteroatoms. The molecule has 8 nitrogen and oxygen atoms in total. The third-order valence-corrected chi connectivity index (χ3v) is 4.93. The van der Waals surface area contributed by atoms with Crippen LogP contribution in [0.1, 0.15) is 45.4 Å². The molecule has 3 aromatic rings. The maximum Gasteiger partial charge on any atom is 0.251 e. The first-order valence-corrected chi connectivity index (χ1v) is 9.20. The summed E-state index contributed by atoms with van der Waals surface area (Å²) in [4.78, 5) is 23.5. The smallest absolute Gasteiger partial charge is 0.251 e. The Morgan fingerprint density at radius 2 is 1.68 bits per heavy atom. The standard InChI is InChI=1S/C20H26N6O2/c1-11-8-12(2)22-20(21-11)26-15(5)17(13(3)23-26)9-19(27)25(7)10-18-14(4)24-28-16(18)6/h8H,9-10H2,1-7H3. The van der Waals surface area contributed by atoms with Gasteiger partial charge in [0.2, 0.25) is 5.91 Å². The number of nitrogens with zero attached hydrogens (tertiary/aromatic N) is 6. The molecule has 0 aliphatic heterocycles. The first-order valence-electron chi connectivity index (χ1n) is 9.20. The maximum atomic E-state index is 12.8. The molecule has 0 aromatic carbocycles. The predicted molar refractivity (Wildman–Crippen MR) is 104 cm³/mol. The number of carbonyl (C=O) groups is 1. The van der Waals surface area contributed by atoms with Gasteiger partial charge in [0.15, 0.2) is 0 Å². The zero-order valence-corrected chi connectivity index (χ0v) is 17.5. The normalized spacial score (nSPS) is 11.1. The van der Waals surface area contributed by atoms with E-state index in [-0.39, 0.29) is 12.3 Å². The lowest BCUT2D eigenvalue weighted by Gasteiger charge is -2.17. The minimum Gasteiger partial charge on any atom is -0.361 e. The van der Waals surface area contributed by atoms with Gasteiger partial charge in [0, 0.05) is 35.3 Å². The van der Waals surface area contributed by atoms with E-state index in [0.29, 0.717) is 12.5 Å². The van der Waals surface area contributed by atoms with Gasteiger partial charge in [-0.3, -0.25) is 4.79 Å². The average molecular weight is 382 g/mol. The maximum absolute atomic E-state index is 12.8. The van der Waals surface area contributed by atoms with Gasteiger partial charge in [-0.1, -0.05) is 5.16 Å². The highest BCUT2D eigenvalue weighted by Crippen LogP contribution is 2.19. The Hall–Kier alpha value is -3.03. The monoisotopic (exact) mass is 382 g/mol. The second-order valence-corrected chi connectivity index (χ2v) is 7.24. The van der Waals surface area contributed by atoms with Gasteiger partial charge < -0.3 is 9.42 Å². The molecule has 3 heterocycles. The molecule has 28 heavy (non-hydrogen) atoms. The molecule has 0 radical (unpaired) electrons. The van der Waals surface area contributed by atoms with E-state index in [1.54, 1.807) is 16.6 Å². The second-order valence-electron chi connectivity index (χ2n) is 7.24. The van der Waals surface area contributed by atoms with Crippen molar-refractivity contribution in [2.45, 2.75) is 54.5 Å². The van der Waals surface area contributed by atoms with E-state index in [9.17, 15) is 4.79 Å². The number of rotatable bonds is 5. The zero-order valence-electron chi connectivity index (χ0n) is 17.5. The van der Waals surface area contributed by atoms with E-state index in [4.69, 9.17) is 4.52 Å². The van der Waals surface area contributed by atoms with Crippen molar-refractivity contribution >= 4 is 5.91 Å². The topological polar surface area (TPSA) is 89.9 Å². The minimum absolute atomic E-state index is 0.00657. The Labute approximate surface area is 164 Å². The first-order chi connectivity index (χ1) is 13.2. The molecule has 1 amide bonds. The molecule has 148 valence electrons. The van der Waals surface area contributed by atoms with Crippen LogP contribution in [-0.2, 0) is 17.8 Å². The predicted octanol–water partition coefficient (Wildman–Crippen LogP) is 2.70. The van der Waals surface area contributed by atoms with E-state index >= 15 is 0 Å². The van der Waals surface area contributed by atoms with Crippen LogP contribution in [-0.4, -0.2) is 42.8 Å². The van der Waals surface area contributed by atoms with Crippen molar-refractivity contribution in [3.8, 4) is 5.95 Å². The Kier molecular flexibility index (Phi) is 5.31. The summed E-state index contributed by atoms with van der Waals surface area (Å²) in [6, 6.07) is 1.92. The summed E-state index contributed by atoms with van der Waals surface area (Å²) in [7, 11) is 1.79. The molecule has 0 unspecified atom stereocenters. The number of aryl methyl sites for hydroxylation is 5. The van der Waals surface area contributed by atoms with Crippen molar-refractivity contribution in [2.24, 2.45) is 0 Å². The molecule has 0 saturated heterocycles. The molecule has 0 spiro atoms. The zero-order chi connectivity index (χ0) is 20.6. The number of amides is 1. The van der Waals surface area contributed by atoms with Crippen LogP contribution < -0.4 is 0 Å². The molecule has 0 aliphatic rings. The van der Waals surface area contributed by atoms with Gasteiger partial charge in [0.05, 0.1) is 24.4 Å². The molecule has 0 bridgehead atoms. The van der Waals surface area contributed by atoms with Crippen molar-refractivity contribution in [3.63, 3.8) is 0 Å². The number of hydrogen-bond acceptors (Lipinski definition) is 6. The van der Waals surface area contributed by atoms with Crippen LogP contribution in [0.2, 0.25) is 0 Å². The highest BCUT2D eigenvalue weighted by Gasteiger charge is 2.21. The van der Waals surface area contributed by atoms with Crippen LogP contribution in [0.15, 0.2) is 10.6 Å². The van der Waals surface area contributed by atoms with Gasteiger partial charge >= 0.3 is 0 Å². The van der Waals surface area contributed by atoms with E-state index in [1.165, 1.54) is 0 Å². The van der Waals surface area contributed by atoms with Crippen LogP contribution in [0.5, 0.6) is 0 Å². The minimum atomic E-state index is 0.00657. The molecule has 0 N–H and O–H groups in total. The fraction of sp³-hybridized carbons (Fsp3) is 0.450. The summed E-state index contributed by atoms with van der Waals surface area (Å²) in [6.45, 7) is 11.9. The van der Waals surface area contributed by atoms with Gasteiger partial charge in [0.1, 0.15) is 5.76 Å². The van der Waals surface area contributed by atoms with Gasteiger partial charge in [-0.15, -0.1) is 0 Å². The summed E-state index contributed by atoms with van der Waals surface area (Å²) in [5, 5.41) is 8.53. The molecule has 3 aromatic heterocycles. The fourth-order valence-electron chi connectivity index (χ4n) is 3.27. The number of likely N-dealkylation sites (N-methyl/N-ethyl adjacent to an activating group) is 1. The van der Waals surface area contributed by atoms with E-state index < -0.39 is 0 Å². The second kappa shape index (κ2) is 7.53. The van der Waals surface area contributed by atoms with Gasteiger partial charge in [-0.25, -0.2) is 14.6 Å². The lowest BCUT2D eigenvalue weighted by Crippen LogP contribution is -2.28. The lowest BCUT2D eigenvalue weighted by molar-refractivity contribution is -0.129. The Morgan fingerprint density at radius 3 is 2.25 bits per heavy atom. The third kappa shape index (κ3) is 3.81. The quantitative estimate of drug-likeness (QED) is 0.674. The molecular formula is C20H26N6O2. The number of carbonyl (C=O) groups excluding carboxylic acids is 1. The van der Waals surface area contributed by atoms with Gasteiger partial charge in [-0.2, -0.15) is 5.10 Å². The Morgan fingerprint density at radius 1 is 1.04 bits per heavy atom. The first kappa shape index (κ1) is 19.7. The van der Waals surface area contributed by atoms with Crippen molar-refractivity contribution in [1.82, 2.24) is 29.8 Å². The molecule has 0 atom stereocenters. The van der Waals surface area contributed by atoms with Crippen LogP contribution >= 0.6 is 0 Å². The van der Waals surface area contributed by atoms with E-state index in [2.05, 4.69) is 20.2 Å². The molecule has 0 saturated carbocycles. The largest absolute Gasteiger partial charge is 0.361 e.